The van der Waals surface area contributed by atoms with Crippen LogP contribution in [0.2, 0.25) is 0 Å². The second-order valence-electron chi connectivity index (χ2n) is 4.48. The van der Waals surface area contributed by atoms with Crippen molar-refractivity contribution in [3.63, 3.8) is 0 Å². The topological polar surface area (TPSA) is 0 Å². The summed E-state index contributed by atoms with van der Waals surface area (Å²) in [5.74, 6) is 0. The van der Waals surface area contributed by atoms with Gasteiger partial charge >= 0.3 is 0 Å². The third kappa shape index (κ3) is 1.81. The van der Waals surface area contributed by atoms with E-state index < -0.39 is 0 Å². The molecule has 0 spiro atoms. The van der Waals surface area contributed by atoms with E-state index in [0.29, 0.717) is 0 Å². The Morgan fingerprint density at radius 2 is 1.33 bits per heavy atom. The van der Waals surface area contributed by atoms with Crippen molar-refractivity contribution in [3.8, 4) is 0 Å². The maximum absolute atomic E-state index is 6.22. The highest BCUT2D eigenvalue weighted by Crippen LogP contribution is 2.46. The molecule has 0 aromatic carbocycles. The first-order valence-electron chi connectivity index (χ1n) is 5.15. The van der Waals surface area contributed by atoms with Crippen molar-refractivity contribution >= 4 is 23.2 Å². The van der Waals surface area contributed by atoms with Gasteiger partial charge in [-0.2, -0.15) is 0 Å². The first kappa shape index (κ1) is 11.0. The zero-order valence-corrected chi connectivity index (χ0v) is 10.5. The molecular weight excluding hydrogens is 227 g/mol. The fourth-order valence-electron chi connectivity index (χ4n) is 2.20. The normalized spacial score (nSPS) is 21.1. The van der Waals surface area contributed by atoms with Crippen LogP contribution in [0.15, 0.2) is 45.5 Å². The summed E-state index contributed by atoms with van der Waals surface area (Å²) in [6.45, 7) is 4.35. The monoisotopic (exact) mass is 240 g/mol. The Bertz CT molecular complexity index is 368. The summed E-state index contributed by atoms with van der Waals surface area (Å²) in [5.41, 5.74) is 2.32. The van der Waals surface area contributed by atoms with Gasteiger partial charge in [0.2, 0.25) is 0 Å². The second kappa shape index (κ2) is 3.84. The first-order chi connectivity index (χ1) is 7.03. The van der Waals surface area contributed by atoms with Gasteiger partial charge in [0.05, 0.1) is 0 Å². The molecule has 0 saturated carbocycles. The van der Waals surface area contributed by atoms with Gasteiger partial charge in [0.25, 0.3) is 0 Å². The van der Waals surface area contributed by atoms with E-state index in [4.69, 9.17) is 23.2 Å². The molecule has 0 unspecified atom stereocenters. The van der Waals surface area contributed by atoms with Gasteiger partial charge in [-0.05, 0) is 11.1 Å². The van der Waals surface area contributed by atoms with Gasteiger partial charge in [0.1, 0.15) is 0 Å². The molecule has 0 amide bonds. The van der Waals surface area contributed by atoms with Crippen LogP contribution in [0.1, 0.15) is 26.7 Å². The largest absolute Gasteiger partial charge is 0.0885 e. The molecule has 0 radical (unpaired) electrons. The van der Waals surface area contributed by atoms with Gasteiger partial charge in [-0.25, -0.2) is 0 Å². The molecule has 0 aliphatic heterocycles. The molecule has 2 aliphatic carbocycles. The van der Waals surface area contributed by atoms with Crippen LogP contribution in [-0.2, 0) is 0 Å². The smallest absolute Gasteiger partial charge is 0.0259 e. The van der Waals surface area contributed by atoms with Crippen LogP contribution in [0, 0.1) is 5.41 Å². The molecule has 0 aromatic heterocycles. The maximum Gasteiger partial charge on any atom is 0.0259 e. The molecule has 15 heavy (non-hydrogen) atoms. The summed E-state index contributed by atoms with van der Waals surface area (Å²) in [6.07, 6.45) is 10.2. The van der Waals surface area contributed by atoms with Gasteiger partial charge in [-0.15, -0.1) is 0 Å². The Balaban J connectivity index is 2.43. The van der Waals surface area contributed by atoms with Crippen molar-refractivity contribution in [2.45, 2.75) is 26.7 Å². The van der Waals surface area contributed by atoms with Crippen LogP contribution in [0.5, 0.6) is 0 Å². The van der Waals surface area contributed by atoms with Gasteiger partial charge < -0.3 is 0 Å². The lowest BCUT2D eigenvalue weighted by Gasteiger charge is -2.27. The van der Waals surface area contributed by atoms with Gasteiger partial charge in [-0.1, -0.05) is 61.4 Å². The quantitative estimate of drug-likeness (QED) is 0.643. The number of halogens is 2. The van der Waals surface area contributed by atoms with Crippen LogP contribution in [0.25, 0.3) is 0 Å². The average molecular weight is 241 g/mol. The van der Waals surface area contributed by atoms with Crippen LogP contribution >= 0.6 is 23.2 Å². The summed E-state index contributed by atoms with van der Waals surface area (Å²) in [5, 5.41) is 1.88. The molecule has 2 aliphatic rings. The average Bonchev–Trinajstić information content (AvgIpc) is 2.73. The second-order valence-corrected chi connectivity index (χ2v) is 5.39. The summed E-state index contributed by atoms with van der Waals surface area (Å²) < 4.78 is 0. The van der Waals surface area contributed by atoms with Crippen LogP contribution in [0.3, 0.4) is 0 Å². The minimum Gasteiger partial charge on any atom is -0.0885 e. The Labute approximate surface area is 101 Å². The standard InChI is InChI=1S/C13H14Cl2/c1-13(2,9-5-3-7-11(9)14)10-6-4-8-12(10)15/h3-6H,7-8H2,1-2H3. The molecule has 0 nitrogen and oxygen atoms in total. The molecular formula is C13H14Cl2. The minimum atomic E-state index is -0.0752. The molecule has 0 heterocycles. The fourth-order valence-corrected chi connectivity index (χ4v) is 2.98. The van der Waals surface area contributed by atoms with Crippen LogP contribution in [0.4, 0.5) is 0 Å². The molecule has 2 rings (SSSR count). The van der Waals surface area contributed by atoms with E-state index in [2.05, 4.69) is 38.2 Å². The van der Waals surface area contributed by atoms with Gasteiger partial charge in [0.15, 0.2) is 0 Å². The van der Waals surface area contributed by atoms with Crippen molar-refractivity contribution in [1.82, 2.24) is 0 Å². The van der Waals surface area contributed by atoms with E-state index in [1.165, 1.54) is 11.1 Å². The summed E-state index contributed by atoms with van der Waals surface area (Å²) >= 11 is 12.4. The zero-order chi connectivity index (χ0) is 11.1. The minimum absolute atomic E-state index is 0.0752. The van der Waals surface area contributed by atoms with E-state index in [1.807, 2.05) is 0 Å². The number of hydrogen-bond donors (Lipinski definition) is 0. The highest BCUT2D eigenvalue weighted by Gasteiger charge is 2.31. The predicted molar refractivity (Wildman–Crippen MR) is 67.1 cm³/mol. The van der Waals surface area contributed by atoms with E-state index in [9.17, 15) is 0 Å². The summed E-state index contributed by atoms with van der Waals surface area (Å²) in [7, 11) is 0. The Morgan fingerprint density at radius 1 is 0.933 bits per heavy atom. The van der Waals surface area contributed by atoms with Crippen LogP contribution in [-0.4, -0.2) is 0 Å². The molecule has 0 saturated heterocycles. The van der Waals surface area contributed by atoms with E-state index in [0.717, 1.165) is 22.9 Å². The zero-order valence-electron chi connectivity index (χ0n) is 8.98. The summed E-state index contributed by atoms with van der Waals surface area (Å²) in [6, 6.07) is 0. The number of rotatable bonds is 2. The molecule has 0 bridgehead atoms. The van der Waals surface area contributed by atoms with Crippen molar-refractivity contribution < 1.29 is 0 Å². The van der Waals surface area contributed by atoms with E-state index in [-0.39, 0.29) is 5.41 Å². The summed E-state index contributed by atoms with van der Waals surface area (Å²) in [4.78, 5) is 0. The third-order valence-electron chi connectivity index (χ3n) is 3.09. The van der Waals surface area contributed by atoms with E-state index >= 15 is 0 Å². The molecule has 0 atom stereocenters. The number of hydrogen-bond acceptors (Lipinski definition) is 0. The maximum atomic E-state index is 6.22. The molecule has 80 valence electrons. The lowest BCUT2D eigenvalue weighted by molar-refractivity contribution is 0.565. The lowest BCUT2D eigenvalue weighted by atomic mass is 9.78. The van der Waals surface area contributed by atoms with Crippen molar-refractivity contribution in [2.75, 3.05) is 0 Å². The molecule has 0 aromatic rings. The Hall–Kier alpha value is -0.460. The Kier molecular flexibility index (Phi) is 2.83. The molecule has 0 N–H and O–H groups in total. The predicted octanol–water partition coefficient (Wildman–Crippen LogP) is 4.92. The first-order valence-corrected chi connectivity index (χ1v) is 5.90. The number of allylic oxidation sites excluding steroid dienone is 8. The van der Waals surface area contributed by atoms with Crippen molar-refractivity contribution in [3.05, 3.63) is 45.5 Å². The Morgan fingerprint density at radius 3 is 1.60 bits per heavy atom. The van der Waals surface area contributed by atoms with E-state index in [1.54, 1.807) is 0 Å². The highest BCUT2D eigenvalue weighted by atomic mass is 35.5. The fraction of sp³-hybridized carbons (Fsp3) is 0.385. The third-order valence-corrected chi connectivity index (χ3v) is 3.81. The van der Waals surface area contributed by atoms with Gasteiger partial charge in [-0.3, -0.25) is 0 Å². The molecule has 2 heteroatoms. The van der Waals surface area contributed by atoms with Crippen molar-refractivity contribution in [1.29, 1.82) is 0 Å². The SMILES string of the molecule is CC(C)(C1=C(Cl)CC=C1)C1=C(Cl)CC=C1. The molecule has 0 fully saturated rings. The highest BCUT2D eigenvalue weighted by molar-refractivity contribution is 6.31. The lowest BCUT2D eigenvalue weighted by Crippen LogP contribution is -2.16. The van der Waals surface area contributed by atoms with Crippen LogP contribution < -0.4 is 0 Å². The van der Waals surface area contributed by atoms with Crippen molar-refractivity contribution in [2.24, 2.45) is 5.41 Å². The van der Waals surface area contributed by atoms with Gasteiger partial charge in [0, 0.05) is 28.3 Å².